The molecule has 0 spiro atoms. The fourth-order valence-corrected chi connectivity index (χ4v) is 1.69. The van der Waals surface area contributed by atoms with Gasteiger partial charge in [-0.25, -0.2) is 0 Å². The SMILES string of the molecule is CNC(/C=C(\N)N(C)CCCOC)N[C@H](C)COC. The minimum atomic E-state index is 0.0232. The maximum absolute atomic E-state index is 6.06. The van der Waals surface area contributed by atoms with E-state index in [1.165, 1.54) is 0 Å². The number of nitrogens with one attached hydrogen (secondary N) is 2. The number of hydrogen-bond acceptors (Lipinski definition) is 6. The predicted molar refractivity (Wildman–Crippen MR) is 78.7 cm³/mol. The van der Waals surface area contributed by atoms with Gasteiger partial charge < -0.3 is 25.4 Å². The molecule has 0 aromatic carbocycles. The van der Waals surface area contributed by atoms with Crippen LogP contribution in [0.3, 0.4) is 0 Å². The topological polar surface area (TPSA) is 71.8 Å². The maximum atomic E-state index is 6.06. The Balaban J connectivity index is 4.25. The second kappa shape index (κ2) is 11.0. The van der Waals surface area contributed by atoms with Crippen LogP contribution in [0.15, 0.2) is 11.9 Å². The van der Waals surface area contributed by atoms with E-state index in [2.05, 4.69) is 17.6 Å². The molecule has 0 aliphatic carbocycles. The zero-order valence-electron chi connectivity index (χ0n) is 12.9. The van der Waals surface area contributed by atoms with Crippen LogP contribution in [0.5, 0.6) is 0 Å². The lowest BCUT2D eigenvalue weighted by Crippen LogP contribution is -2.46. The number of nitrogens with two attached hydrogens (primary N) is 1. The van der Waals surface area contributed by atoms with E-state index in [1.54, 1.807) is 14.2 Å². The molecule has 0 saturated heterocycles. The Hall–Kier alpha value is -0.820. The zero-order valence-corrected chi connectivity index (χ0v) is 12.9. The largest absolute Gasteiger partial charge is 0.386 e. The molecule has 0 heterocycles. The smallest absolute Gasteiger partial charge is 0.0971 e. The van der Waals surface area contributed by atoms with E-state index in [9.17, 15) is 0 Å². The molecule has 0 rings (SSSR count). The van der Waals surface area contributed by atoms with Crippen LogP contribution in [0, 0.1) is 0 Å². The Bertz CT molecular complexity index is 249. The van der Waals surface area contributed by atoms with Gasteiger partial charge in [0.2, 0.25) is 0 Å². The predicted octanol–water partition coefficient (Wildman–Crippen LogP) is -0.0752. The van der Waals surface area contributed by atoms with Gasteiger partial charge in [0, 0.05) is 40.5 Å². The zero-order chi connectivity index (χ0) is 14.7. The van der Waals surface area contributed by atoms with Crippen LogP contribution in [0.2, 0.25) is 0 Å². The highest BCUT2D eigenvalue weighted by atomic mass is 16.5. The molecular weight excluding hydrogens is 244 g/mol. The van der Waals surface area contributed by atoms with Crippen LogP contribution in [0.1, 0.15) is 13.3 Å². The first kappa shape index (κ1) is 18.2. The van der Waals surface area contributed by atoms with Crippen LogP contribution in [-0.2, 0) is 9.47 Å². The van der Waals surface area contributed by atoms with Crippen LogP contribution < -0.4 is 16.4 Å². The summed E-state index contributed by atoms with van der Waals surface area (Å²) in [6.07, 6.45) is 2.95. The van der Waals surface area contributed by atoms with E-state index in [-0.39, 0.29) is 12.2 Å². The third-order valence-electron chi connectivity index (χ3n) is 2.81. The second-order valence-electron chi connectivity index (χ2n) is 4.65. The summed E-state index contributed by atoms with van der Waals surface area (Å²) in [6.45, 7) is 4.35. The Kier molecular flexibility index (Phi) is 10.6. The number of likely N-dealkylation sites (N-methyl/N-ethyl adjacent to an activating group) is 1. The van der Waals surface area contributed by atoms with Gasteiger partial charge in [-0.2, -0.15) is 0 Å². The first-order valence-electron chi connectivity index (χ1n) is 6.64. The number of hydrogen-bond donors (Lipinski definition) is 3. The van der Waals surface area contributed by atoms with Crippen LogP contribution in [0.4, 0.5) is 0 Å². The van der Waals surface area contributed by atoms with Gasteiger partial charge in [0.25, 0.3) is 0 Å². The van der Waals surface area contributed by atoms with Crippen LogP contribution in [-0.4, -0.2) is 65.2 Å². The Morgan fingerprint density at radius 2 is 2.05 bits per heavy atom. The van der Waals surface area contributed by atoms with E-state index >= 15 is 0 Å². The molecule has 114 valence electrons. The second-order valence-corrected chi connectivity index (χ2v) is 4.65. The average Bonchev–Trinajstić information content (AvgIpc) is 2.38. The minimum absolute atomic E-state index is 0.0232. The molecule has 0 radical (unpaired) electrons. The lowest BCUT2D eigenvalue weighted by atomic mass is 10.3. The summed E-state index contributed by atoms with van der Waals surface area (Å²) in [4.78, 5) is 2.02. The van der Waals surface area contributed by atoms with Crippen molar-refractivity contribution in [2.24, 2.45) is 5.73 Å². The first-order valence-corrected chi connectivity index (χ1v) is 6.64. The Morgan fingerprint density at radius 3 is 2.58 bits per heavy atom. The highest BCUT2D eigenvalue weighted by molar-refractivity contribution is 5.01. The van der Waals surface area contributed by atoms with Gasteiger partial charge in [0.05, 0.1) is 18.6 Å². The van der Waals surface area contributed by atoms with Crippen LogP contribution in [0.25, 0.3) is 0 Å². The fourth-order valence-electron chi connectivity index (χ4n) is 1.69. The molecule has 0 saturated carbocycles. The molecule has 0 aromatic heterocycles. The van der Waals surface area contributed by atoms with E-state index in [0.717, 1.165) is 25.4 Å². The normalized spacial score (nSPS) is 15.3. The van der Waals surface area contributed by atoms with Gasteiger partial charge in [0.1, 0.15) is 0 Å². The van der Waals surface area contributed by atoms with Crippen molar-refractivity contribution >= 4 is 0 Å². The maximum Gasteiger partial charge on any atom is 0.0971 e. The third kappa shape index (κ3) is 8.83. The Morgan fingerprint density at radius 1 is 1.37 bits per heavy atom. The molecule has 1 unspecified atom stereocenters. The van der Waals surface area contributed by atoms with Gasteiger partial charge in [-0.3, -0.25) is 5.32 Å². The number of methoxy groups -OCH3 is 2. The van der Waals surface area contributed by atoms with Crippen molar-refractivity contribution in [1.29, 1.82) is 0 Å². The molecule has 19 heavy (non-hydrogen) atoms. The highest BCUT2D eigenvalue weighted by Crippen LogP contribution is 1.98. The fraction of sp³-hybridized carbons (Fsp3) is 0.846. The monoisotopic (exact) mass is 274 g/mol. The highest BCUT2D eigenvalue weighted by Gasteiger charge is 2.09. The standard InChI is InChI=1S/C13H30N4O2/c1-11(10-19-5)16-13(15-2)9-12(14)17(3)7-6-8-18-4/h9,11,13,15-16H,6-8,10,14H2,1-5H3/b12-9+/t11-,13?/m1/s1. The summed E-state index contributed by atoms with van der Waals surface area (Å²) >= 11 is 0. The summed E-state index contributed by atoms with van der Waals surface area (Å²) in [5.74, 6) is 0.743. The molecule has 0 aromatic rings. The summed E-state index contributed by atoms with van der Waals surface area (Å²) in [6, 6.07) is 0.255. The molecule has 0 amide bonds. The van der Waals surface area contributed by atoms with E-state index in [1.807, 2.05) is 25.1 Å². The van der Waals surface area contributed by atoms with Crippen LogP contribution >= 0.6 is 0 Å². The number of rotatable bonds is 11. The van der Waals surface area contributed by atoms with Crippen molar-refractivity contribution in [3.8, 4) is 0 Å². The van der Waals surface area contributed by atoms with Gasteiger partial charge in [-0.1, -0.05) is 0 Å². The summed E-state index contributed by atoms with van der Waals surface area (Å²) < 4.78 is 10.1. The van der Waals surface area contributed by atoms with Crippen molar-refractivity contribution in [3.05, 3.63) is 11.9 Å². The minimum Gasteiger partial charge on any atom is -0.386 e. The Labute approximate surface area is 117 Å². The average molecular weight is 274 g/mol. The molecular formula is C13H30N4O2. The van der Waals surface area contributed by atoms with Gasteiger partial charge in [0.15, 0.2) is 0 Å². The molecule has 0 aliphatic rings. The molecule has 6 heteroatoms. The van der Waals surface area contributed by atoms with Crippen molar-refractivity contribution in [1.82, 2.24) is 15.5 Å². The van der Waals surface area contributed by atoms with Gasteiger partial charge in [-0.05, 0) is 26.5 Å². The van der Waals surface area contributed by atoms with E-state index in [0.29, 0.717) is 6.61 Å². The number of ether oxygens (including phenoxy) is 2. The van der Waals surface area contributed by atoms with Crippen molar-refractivity contribution in [3.63, 3.8) is 0 Å². The molecule has 0 bridgehead atoms. The summed E-state index contributed by atoms with van der Waals surface area (Å²) in [5.41, 5.74) is 6.06. The van der Waals surface area contributed by atoms with Gasteiger partial charge in [-0.15, -0.1) is 0 Å². The lowest BCUT2D eigenvalue weighted by Gasteiger charge is -2.24. The van der Waals surface area contributed by atoms with Crippen molar-refractivity contribution in [2.75, 3.05) is 48.1 Å². The summed E-state index contributed by atoms with van der Waals surface area (Å²) in [7, 11) is 7.27. The molecule has 6 nitrogen and oxygen atoms in total. The van der Waals surface area contributed by atoms with Crippen molar-refractivity contribution < 1.29 is 9.47 Å². The van der Waals surface area contributed by atoms with Gasteiger partial charge >= 0.3 is 0 Å². The molecule has 0 fully saturated rings. The first-order chi connectivity index (χ1) is 9.04. The lowest BCUT2D eigenvalue weighted by molar-refractivity contribution is 0.167. The quantitative estimate of drug-likeness (QED) is 0.362. The van der Waals surface area contributed by atoms with E-state index in [4.69, 9.17) is 15.2 Å². The van der Waals surface area contributed by atoms with E-state index < -0.39 is 0 Å². The molecule has 2 atom stereocenters. The molecule has 0 aliphatic heterocycles. The number of nitrogens with zero attached hydrogens (tertiary/aromatic N) is 1. The van der Waals surface area contributed by atoms with Crippen molar-refractivity contribution in [2.45, 2.75) is 25.6 Å². The summed E-state index contributed by atoms with van der Waals surface area (Å²) in [5, 5.41) is 6.55. The molecule has 4 N–H and O–H groups in total. The third-order valence-corrected chi connectivity index (χ3v) is 2.81.